The number of benzene rings is 1. The van der Waals surface area contributed by atoms with Gasteiger partial charge in [0.2, 0.25) is 0 Å². The van der Waals surface area contributed by atoms with Crippen LogP contribution in [0.5, 0.6) is 0 Å². The van der Waals surface area contributed by atoms with Crippen molar-refractivity contribution >= 4 is 30.7 Å². The highest BCUT2D eigenvalue weighted by molar-refractivity contribution is 5.93. The zero-order chi connectivity index (χ0) is 21.2. The molecule has 3 aliphatic heterocycles. The number of nitrogens with zero attached hydrogens (tertiary/aromatic N) is 2. The van der Waals surface area contributed by atoms with Crippen LogP contribution in [0.3, 0.4) is 0 Å². The van der Waals surface area contributed by atoms with E-state index in [-0.39, 0.29) is 41.8 Å². The van der Waals surface area contributed by atoms with Crippen molar-refractivity contribution in [1.29, 1.82) is 0 Å². The number of hydrogen-bond acceptors (Lipinski definition) is 4. The van der Waals surface area contributed by atoms with Crippen LogP contribution in [0, 0.1) is 5.92 Å². The number of piperidine rings is 2. The third-order valence-corrected chi connectivity index (χ3v) is 7.33. The lowest BCUT2D eigenvalue weighted by atomic mass is 9.84. The molecule has 4 heterocycles. The third-order valence-electron chi connectivity index (χ3n) is 7.33. The normalized spacial score (nSPS) is 22.4. The molecule has 8 heteroatoms. The van der Waals surface area contributed by atoms with Gasteiger partial charge in [-0.2, -0.15) is 0 Å². The summed E-state index contributed by atoms with van der Waals surface area (Å²) in [5, 5.41) is 6.44. The number of hydrogen-bond donors (Lipinski definition) is 2. The van der Waals surface area contributed by atoms with Crippen molar-refractivity contribution in [3.05, 3.63) is 69.6 Å². The van der Waals surface area contributed by atoms with Crippen molar-refractivity contribution in [2.24, 2.45) is 5.92 Å². The topological polar surface area (TPSA) is 66.4 Å². The summed E-state index contributed by atoms with van der Waals surface area (Å²) in [7, 11) is 0. The SMILES string of the molecule is Cl.Cl.O=C(NCCN1CCC(c2ccccc2)CC1)c1ccc2n(c1=O)C[C@@H]1CNC[C@H]2C1. The zero-order valence-corrected chi connectivity index (χ0v) is 20.5. The summed E-state index contributed by atoms with van der Waals surface area (Å²) in [5.41, 5.74) is 2.66. The number of amides is 1. The van der Waals surface area contributed by atoms with Crippen LogP contribution in [0.25, 0.3) is 0 Å². The highest BCUT2D eigenvalue weighted by Crippen LogP contribution is 2.31. The number of likely N-dealkylation sites (tertiary alicyclic amines) is 1. The van der Waals surface area contributed by atoms with Gasteiger partial charge in [-0.05, 0) is 68.4 Å². The fourth-order valence-electron chi connectivity index (χ4n) is 5.60. The van der Waals surface area contributed by atoms with Crippen molar-refractivity contribution in [2.75, 3.05) is 39.3 Å². The number of halogens is 2. The summed E-state index contributed by atoms with van der Waals surface area (Å²) in [4.78, 5) is 28.1. The Morgan fingerprint density at radius 2 is 1.76 bits per heavy atom. The van der Waals surface area contributed by atoms with Crippen LogP contribution in [-0.2, 0) is 6.54 Å². The highest BCUT2D eigenvalue weighted by atomic mass is 35.5. The molecule has 0 radical (unpaired) electrons. The van der Waals surface area contributed by atoms with Crippen LogP contribution in [-0.4, -0.2) is 54.6 Å². The van der Waals surface area contributed by atoms with Gasteiger partial charge in [0.1, 0.15) is 5.56 Å². The van der Waals surface area contributed by atoms with Crippen LogP contribution < -0.4 is 16.2 Å². The maximum atomic E-state index is 13.0. The molecule has 1 aromatic carbocycles. The first kappa shape index (κ1) is 25.8. The van der Waals surface area contributed by atoms with Crippen molar-refractivity contribution in [3.8, 4) is 0 Å². The average molecular weight is 493 g/mol. The van der Waals surface area contributed by atoms with E-state index in [1.807, 2.05) is 10.6 Å². The summed E-state index contributed by atoms with van der Waals surface area (Å²) in [5.74, 6) is 1.27. The van der Waals surface area contributed by atoms with Crippen LogP contribution in [0.2, 0.25) is 0 Å². The van der Waals surface area contributed by atoms with Crippen LogP contribution in [0.1, 0.15) is 52.7 Å². The van der Waals surface area contributed by atoms with E-state index in [2.05, 4.69) is 45.9 Å². The molecule has 1 amide bonds. The first-order valence-corrected chi connectivity index (χ1v) is 11.7. The van der Waals surface area contributed by atoms with Gasteiger partial charge in [0.25, 0.3) is 11.5 Å². The molecule has 2 fully saturated rings. The van der Waals surface area contributed by atoms with E-state index in [4.69, 9.17) is 0 Å². The number of rotatable bonds is 5. The lowest BCUT2D eigenvalue weighted by molar-refractivity contribution is 0.0943. The van der Waals surface area contributed by atoms with Crippen molar-refractivity contribution in [3.63, 3.8) is 0 Å². The van der Waals surface area contributed by atoms with Crippen molar-refractivity contribution < 1.29 is 4.79 Å². The Labute approximate surface area is 207 Å². The average Bonchev–Trinajstić information content (AvgIpc) is 2.81. The Hall–Kier alpha value is -1.86. The van der Waals surface area contributed by atoms with Gasteiger partial charge in [0, 0.05) is 37.8 Å². The quantitative estimate of drug-likeness (QED) is 0.672. The van der Waals surface area contributed by atoms with Gasteiger partial charge in [0.05, 0.1) is 0 Å². The van der Waals surface area contributed by atoms with E-state index in [1.165, 1.54) is 5.56 Å². The maximum absolute atomic E-state index is 13.0. The molecule has 2 saturated heterocycles. The van der Waals surface area contributed by atoms with Crippen molar-refractivity contribution in [1.82, 2.24) is 20.1 Å². The molecule has 0 aliphatic carbocycles. The van der Waals surface area contributed by atoms with Gasteiger partial charge in [-0.15, -0.1) is 24.8 Å². The molecule has 0 unspecified atom stereocenters. The van der Waals surface area contributed by atoms with Crippen LogP contribution >= 0.6 is 24.8 Å². The minimum atomic E-state index is -0.242. The molecule has 2 aromatic rings. The molecule has 180 valence electrons. The predicted octanol–water partition coefficient (Wildman–Crippen LogP) is 3.01. The van der Waals surface area contributed by atoms with E-state index in [0.717, 1.165) is 64.2 Å². The largest absolute Gasteiger partial charge is 0.351 e. The summed E-state index contributed by atoms with van der Waals surface area (Å²) >= 11 is 0. The Balaban J connectivity index is 0.00000153. The standard InChI is InChI=1S/C25H32N4O2.2ClH/c30-24(22-6-7-23-21-14-18(15-26-16-21)17-29(23)25(22)31)27-10-13-28-11-8-20(9-12-28)19-4-2-1-3-5-19;;/h1-7,18,20-21,26H,8-17H2,(H,27,30);2*1H/t18-,21+;;/m0../s1. The van der Waals surface area contributed by atoms with E-state index < -0.39 is 0 Å². The lowest BCUT2D eigenvalue weighted by Crippen LogP contribution is -2.46. The van der Waals surface area contributed by atoms with Gasteiger partial charge in [0.15, 0.2) is 0 Å². The molecule has 3 aliphatic rings. The van der Waals surface area contributed by atoms with Gasteiger partial charge in [-0.1, -0.05) is 30.3 Å². The van der Waals surface area contributed by atoms with Gasteiger partial charge in [-0.25, -0.2) is 0 Å². The minimum absolute atomic E-state index is 0. The molecule has 33 heavy (non-hydrogen) atoms. The van der Waals surface area contributed by atoms with Crippen LogP contribution in [0.4, 0.5) is 0 Å². The monoisotopic (exact) mass is 492 g/mol. The number of fused-ring (bicyclic) bond motifs is 4. The maximum Gasteiger partial charge on any atom is 0.263 e. The lowest BCUT2D eigenvalue weighted by Gasteiger charge is -2.37. The minimum Gasteiger partial charge on any atom is -0.351 e. The summed E-state index contributed by atoms with van der Waals surface area (Å²) < 4.78 is 1.85. The number of carbonyl (C=O) groups is 1. The number of nitrogens with one attached hydrogen (secondary N) is 2. The van der Waals surface area contributed by atoms with E-state index >= 15 is 0 Å². The Morgan fingerprint density at radius 3 is 2.52 bits per heavy atom. The van der Waals surface area contributed by atoms with Gasteiger partial charge >= 0.3 is 0 Å². The Morgan fingerprint density at radius 1 is 1.00 bits per heavy atom. The fourth-order valence-corrected chi connectivity index (χ4v) is 5.60. The molecule has 2 N–H and O–H groups in total. The molecule has 1 aromatic heterocycles. The van der Waals surface area contributed by atoms with E-state index in [0.29, 0.717) is 24.3 Å². The molecular weight excluding hydrogens is 459 g/mol. The predicted molar refractivity (Wildman–Crippen MR) is 136 cm³/mol. The van der Waals surface area contributed by atoms with Gasteiger partial charge < -0.3 is 20.1 Å². The first-order chi connectivity index (χ1) is 15.2. The van der Waals surface area contributed by atoms with E-state index in [9.17, 15) is 9.59 Å². The second-order valence-electron chi connectivity index (χ2n) is 9.33. The molecule has 0 saturated carbocycles. The number of carbonyl (C=O) groups excluding carboxylic acids is 1. The Bertz CT molecular complexity index is 990. The summed E-state index contributed by atoms with van der Waals surface area (Å²) in [6.07, 6.45) is 3.45. The van der Waals surface area contributed by atoms with Crippen LogP contribution in [0.15, 0.2) is 47.3 Å². The molecule has 5 rings (SSSR count). The zero-order valence-electron chi connectivity index (χ0n) is 18.9. The molecule has 2 bridgehead atoms. The van der Waals surface area contributed by atoms with Gasteiger partial charge in [-0.3, -0.25) is 9.59 Å². The van der Waals surface area contributed by atoms with Crippen molar-refractivity contribution in [2.45, 2.75) is 37.6 Å². The third kappa shape index (κ3) is 5.62. The second kappa shape index (κ2) is 11.5. The smallest absolute Gasteiger partial charge is 0.263 e. The summed E-state index contributed by atoms with van der Waals surface area (Å²) in [6.45, 7) is 6.10. The molecular formula is C25H34Cl2N4O2. The fraction of sp³-hybridized carbons (Fsp3) is 0.520. The number of pyridine rings is 1. The second-order valence-corrected chi connectivity index (χ2v) is 9.33. The number of aromatic nitrogens is 1. The summed E-state index contributed by atoms with van der Waals surface area (Å²) in [6, 6.07) is 14.5. The van der Waals surface area contributed by atoms with E-state index in [1.54, 1.807) is 6.07 Å². The molecule has 0 spiro atoms. The highest BCUT2D eigenvalue weighted by Gasteiger charge is 2.31. The first-order valence-electron chi connectivity index (χ1n) is 11.7. The molecule has 6 nitrogen and oxygen atoms in total. The Kier molecular flexibility index (Phi) is 8.99. The molecule has 2 atom stereocenters.